The highest BCUT2D eigenvalue weighted by molar-refractivity contribution is 5.93. The van der Waals surface area contributed by atoms with E-state index in [1.165, 1.54) is 0 Å². The van der Waals surface area contributed by atoms with Crippen LogP contribution in [0.25, 0.3) is 17.3 Å². The van der Waals surface area contributed by atoms with Crippen LogP contribution in [0.2, 0.25) is 0 Å². The van der Waals surface area contributed by atoms with E-state index in [1.54, 1.807) is 18.1 Å². The summed E-state index contributed by atoms with van der Waals surface area (Å²) < 4.78 is 7.45. The molecule has 0 atom stereocenters. The minimum Gasteiger partial charge on any atom is -0.496 e. The van der Waals surface area contributed by atoms with E-state index in [0.717, 1.165) is 28.1 Å². The summed E-state index contributed by atoms with van der Waals surface area (Å²) in [5.41, 5.74) is 3.61. The average molecular weight is 473 g/mol. The van der Waals surface area contributed by atoms with E-state index >= 15 is 0 Å². The molecule has 7 heteroatoms. The lowest BCUT2D eigenvalue weighted by Crippen LogP contribution is -2.51. The van der Waals surface area contributed by atoms with Crippen LogP contribution in [0.1, 0.15) is 25.0 Å². The van der Waals surface area contributed by atoms with Crippen molar-refractivity contribution in [2.45, 2.75) is 20.4 Å². The number of para-hydroxylation sites is 1. The molecule has 182 valence electrons. The highest BCUT2D eigenvalue weighted by Gasteiger charge is 2.24. The second-order valence-corrected chi connectivity index (χ2v) is 8.96. The van der Waals surface area contributed by atoms with Gasteiger partial charge in [-0.25, -0.2) is 0 Å². The SMILES string of the molecule is COc1ccccc1-c1nn(Cc2ccccc2)cc1C=CC(=O)N1CCN(C(=O)C(C)C)CC1. The molecule has 2 amide bonds. The molecule has 0 bridgehead atoms. The molecule has 0 spiro atoms. The summed E-state index contributed by atoms with van der Waals surface area (Å²) in [6, 6.07) is 17.9. The van der Waals surface area contributed by atoms with E-state index in [-0.39, 0.29) is 17.7 Å². The van der Waals surface area contributed by atoms with E-state index in [4.69, 9.17) is 9.84 Å². The Morgan fingerprint density at radius 3 is 2.31 bits per heavy atom. The summed E-state index contributed by atoms with van der Waals surface area (Å²) in [6.45, 7) is 6.63. The highest BCUT2D eigenvalue weighted by atomic mass is 16.5. The molecule has 1 aliphatic rings. The summed E-state index contributed by atoms with van der Waals surface area (Å²) in [4.78, 5) is 28.8. The summed E-state index contributed by atoms with van der Waals surface area (Å²) in [6.07, 6.45) is 5.38. The van der Waals surface area contributed by atoms with Crippen LogP contribution in [0.4, 0.5) is 0 Å². The number of rotatable bonds is 7. The molecular weight excluding hydrogens is 440 g/mol. The third-order valence-corrected chi connectivity index (χ3v) is 6.14. The predicted octanol–water partition coefficient (Wildman–Crippen LogP) is 3.95. The average Bonchev–Trinajstić information content (AvgIpc) is 3.29. The Labute approximate surface area is 206 Å². The van der Waals surface area contributed by atoms with Crippen molar-refractivity contribution >= 4 is 17.9 Å². The Morgan fingerprint density at radius 2 is 1.63 bits per heavy atom. The van der Waals surface area contributed by atoms with Crippen LogP contribution < -0.4 is 4.74 Å². The lowest BCUT2D eigenvalue weighted by atomic mass is 10.1. The van der Waals surface area contributed by atoms with Crippen molar-refractivity contribution in [3.63, 3.8) is 0 Å². The van der Waals surface area contributed by atoms with Crippen LogP contribution in [0.3, 0.4) is 0 Å². The molecule has 4 rings (SSSR count). The van der Waals surface area contributed by atoms with Gasteiger partial charge >= 0.3 is 0 Å². The number of methoxy groups -OCH3 is 1. The standard InChI is InChI=1S/C28H32N4O3/c1-21(2)28(34)31-17-15-30(16-18-31)26(33)14-13-23-20-32(19-22-9-5-4-6-10-22)29-27(23)24-11-7-8-12-25(24)35-3/h4-14,20-21H,15-19H2,1-3H3. The van der Waals surface area contributed by atoms with Crippen LogP contribution in [-0.2, 0) is 16.1 Å². The van der Waals surface area contributed by atoms with Crippen LogP contribution in [0, 0.1) is 5.92 Å². The Bertz CT molecular complexity index is 1190. The van der Waals surface area contributed by atoms with Gasteiger partial charge in [-0.3, -0.25) is 14.3 Å². The fraction of sp³-hybridized carbons (Fsp3) is 0.321. The first-order chi connectivity index (χ1) is 17.0. The summed E-state index contributed by atoms with van der Waals surface area (Å²) in [5, 5.41) is 4.84. The molecule has 35 heavy (non-hydrogen) atoms. The molecule has 2 aromatic carbocycles. The molecule has 0 aliphatic carbocycles. The zero-order valence-corrected chi connectivity index (χ0v) is 20.6. The monoisotopic (exact) mass is 472 g/mol. The minimum atomic E-state index is -0.0663. The molecule has 2 heterocycles. The van der Waals surface area contributed by atoms with E-state index in [9.17, 15) is 9.59 Å². The van der Waals surface area contributed by atoms with Crippen molar-refractivity contribution < 1.29 is 14.3 Å². The third kappa shape index (κ3) is 5.80. The zero-order chi connectivity index (χ0) is 24.8. The maximum Gasteiger partial charge on any atom is 0.246 e. The van der Waals surface area contributed by atoms with Gasteiger partial charge in [0.25, 0.3) is 0 Å². The Balaban J connectivity index is 1.55. The Morgan fingerprint density at radius 1 is 0.971 bits per heavy atom. The molecule has 1 saturated heterocycles. The van der Waals surface area contributed by atoms with Gasteiger partial charge in [-0.2, -0.15) is 5.10 Å². The van der Waals surface area contributed by atoms with Crippen LogP contribution >= 0.6 is 0 Å². The van der Waals surface area contributed by atoms with Crippen molar-refractivity contribution in [2.24, 2.45) is 5.92 Å². The number of ether oxygens (including phenoxy) is 1. The Hall–Kier alpha value is -3.87. The number of hydrogen-bond acceptors (Lipinski definition) is 4. The number of benzene rings is 2. The molecule has 0 radical (unpaired) electrons. The van der Waals surface area contributed by atoms with Gasteiger partial charge in [-0.1, -0.05) is 56.3 Å². The first-order valence-corrected chi connectivity index (χ1v) is 12.0. The molecule has 1 aliphatic heterocycles. The summed E-state index contributed by atoms with van der Waals surface area (Å²) >= 11 is 0. The van der Waals surface area contributed by atoms with Gasteiger partial charge < -0.3 is 14.5 Å². The number of carbonyl (C=O) groups excluding carboxylic acids is 2. The Kier molecular flexibility index (Phi) is 7.65. The first-order valence-electron chi connectivity index (χ1n) is 12.0. The van der Waals surface area contributed by atoms with Crippen molar-refractivity contribution in [3.05, 3.63) is 78.0 Å². The van der Waals surface area contributed by atoms with E-state index < -0.39 is 0 Å². The maximum absolute atomic E-state index is 12.9. The number of hydrogen-bond donors (Lipinski definition) is 0. The smallest absolute Gasteiger partial charge is 0.246 e. The topological polar surface area (TPSA) is 67.7 Å². The first kappa shape index (κ1) is 24.3. The van der Waals surface area contributed by atoms with Gasteiger partial charge in [-0.05, 0) is 23.8 Å². The van der Waals surface area contributed by atoms with Gasteiger partial charge in [-0.15, -0.1) is 0 Å². The van der Waals surface area contributed by atoms with Crippen molar-refractivity contribution in [1.82, 2.24) is 19.6 Å². The number of piperazine rings is 1. The second-order valence-electron chi connectivity index (χ2n) is 8.96. The molecule has 7 nitrogen and oxygen atoms in total. The molecule has 0 N–H and O–H groups in total. The lowest BCUT2D eigenvalue weighted by molar-refractivity contribution is -0.139. The molecule has 0 unspecified atom stereocenters. The summed E-state index contributed by atoms with van der Waals surface area (Å²) in [7, 11) is 1.64. The zero-order valence-electron chi connectivity index (χ0n) is 20.6. The van der Waals surface area contributed by atoms with Gasteiger partial charge in [0.2, 0.25) is 11.8 Å². The second kappa shape index (κ2) is 11.0. The van der Waals surface area contributed by atoms with Crippen molar-refractivity contribution in [1.29, 1.82) is 0 Å². The summed E-state index contributed by atoms with van der Waals surface area (Å²) in [5.74, 6) is 0.769. The normalized spacial score (nSPS) is 14.1. The van der Waals surface area contributed by atoms with Crippen LogP contribution in [0.15, 0.2) is 66.9 Å². The largest absolute Gasteiger partial charge is 0.496 e. The third-order valence-electron chi connectivity index (χ3n) is 6.14. The van der Waals surface area contributed by atoms with Gasteiger partial charge in [0.05, 0.1) is 13.7 Å². The van der Waals surface area contributed by atoms with Gasteiger partial charge in [0.1, 0.15) is 11.4 Å². The molecule has 3 aromatic rings. The van der Waals surface area contributed by atoms with Crippen LogP contribution in [0.5, 0.6) is 5.75 Å². The molecule has 0 saturated carbocycles. The lowest BCUT2D eigenvalue weighted by Gasteiger charge is -2.35. The van der Waals surface area contributed by atoms with E-state index in [1.807, 2.05) is 78.2 Å². The van der Waals surface area contributed by atoms with Crippen molar-refractivity contribution in [3.8, 4) is 17.0 Å². The predicted molar refractivity (Wildman–Crippen MR) is 137 cm³/mol. The van der Waals surface area contributed by atoms with Gasteiger partial charge in [0, 0.05) is 55.5 Å². The fourth-order valence-electron chi connectivity index (χ4n) is 4.24. The minimum absolute atomic E-state index is 0.0297. The molecular formula is C28H32N4O3. The molecule has 1 aromatic heterocycles. The number of carbonyl (C=O) groups is 2. The number of nitrogens with zero attached hydrogens (tertiary/aromatic N) is 4. The van der Waals surface area contributed by atoms with Crippen LogP contribution in [-0.4, -0.2) is 64.7 Å². The van der Waals surface area contributed by atoms with Crippen molar-refractivity contribution in [2.75, 3.05) is 33.3 Å². The highest BCUT2D eigenvalue weighted by Crippen LogP contribution is 2.31. The molecule has 1 fully saturated rings. The fourth-order valence-corrected chi connectivity index (χ4v) is 4.24. The van der Waals surface area contributed by atoms with E-state index in [0.29, 0.717) is 32.7 Å². The maximum atomic E-state index is 12.9. The number of aromatic nitrogens is 2. The number of amides is 2. The van der Waals surface area contributed by atoms with E-state index in [2.05, 4.69) is 12.1 Å². The quantitative estimate of drug-likeness (QED) is 0.489. The van der Waals surface area contributed by atoms with Gasteiger partial charge in [0.15, 0.2) is 0 Å².